The van der Waals surface area contributed by atoms with E-state index in [1.165, 1.54) is 17.5 Å². The van der Waals surface area contributed by atoms with E-state index in [2.05, 4.69) is 26.7 Å². The van der Waals surface area contributed by atoms with Crippen molar-refractivity contribution in [3.8, 4) is 17.6 Å². The number of hydrogen-bond acceptors (Lipinski definition) is 7. The van der Waals surface area contributed by atoms with E-state index in [4.69, 9.17) is 16.3 Å². The summed E-state index contributed by atoms with van der Waals surface area (Å²) in [5.74, 6) is 6.24. The van der Waals surface area contributed by atoms with Crippen LogP contribution in [0.25, 0.3) is 10.9 Å². The molecule has 184 valence electrons. The van der Waals surface area contributed by atoms with Gasteiger partial charge >= 0.3 is 0 Å². The molecule has 1 aliphatic heterocycles. The standard InChI is InChI=1S/C25H26ClFN4O3S/c1-34-18-4-5-22-19(13-18)23(20(26)14-28-22)21(27)6-7-25(24(32)30-33)8-11-31(12-9-25)10-2-3-17-15-35-16-29-17/h4-5,13-16,21,33H,6-12H2,1H3,(H,30,32)/t21-/m1/s1. The number of rotatable bonds is 7. The van der Waals surface area contributed by atoms with Crippen LogP contribution in [-0.4, -0.2) is 52.7 Å². The number of amides is 1. The normalized spacial score (nSPS) is 16.3. The van der Waals surface area contributed by atoms with Gasteiger partial charge in [-0.3, -0.25) is 19.9 Å². The summed E-state index contributed by atoms with van der Waals surface area (Å²) >= 11 is 7.85. The van der Waals surface area contributed by atoms with Gasteiger partial charge in [-0.1, -0.05) is 17.5 Å². The number of nitrogens with zero attached hydrogens (tertiary/aromatic N) is 3. The van der Waals surface area contributed by atoms with E-state index in [1.54, 1.807) is 36.3 Å². The van der Waals surface area contributed by atoms with Crippen molar-refractivity contribution in [2.24, 2.45) is 5.41 Å². The van der Waals surface area contributed by atoms with Crippen molar-refractivity contribution in [2.75, 3.05) is 26.7 Å². The third-order valence-electron chi connectivity index (χ3n) is 6.61. The maximum atomic E-state index is 15.7. The summed E-state index contributed by atoms with van der Waals surface area (Å²) in [6.45, 7) is 1.79. The molecule has 1 saturated heterocycles. The average molecular weight is 517 g/mol. The number of alkyl halides is 1. The first kappa shape index (κ1) is 25.3. The number of halogens is 2. The highest BCUT2D eigenvalue weighted by Crippen LogP contribution is 2.42. The summed E-state index contributed by atoms with van der Waals surface area (Å²) in [4.78, 5) is 23.3. The van der Waals surface area contributed by atoms with Crippen LogP contribution in [0, 0.1) is 17.3 Å². The average Bonchev–Trinajstić information content (AvgIpc) is 3.40. The Kier molecular flexibility index (Phi) is 8.19. The number of aromatic nitrogens is 2. The number of benzene rings is 1. The largest absolute Gasteiger partial charge is 0.497 e. The second kappa shape index (κ2) is 11.3. The van der Waals surface area contributed by atoms with Gasteiger partial charge in [-0.05, 0) is 49.8 Å². The van der Waals surface area contributed by atoms with Crippen molar-refractivity contribution in [3.63, 3.8) is 0 Å². The van der Waals surface area contributed by atoms with Gasteiger partial charge in [0, 0.05) is 35.6 Å². The smallest absolute Gasteiger partial charge is 0.249 e. The van der Waals surface area contributed by atoms with E-state index >= 15 is 4.39 Å². The zero-order chi connectivity index (χ0) is 24.8. The molecule has 1 fully saturated rings. The van der Waals surface area contributed by atoms with Crippen molar-refractivity contribution < 1.29 is 19.1 Å². The Bertz CT molecular complexity index is 1240. The molecule has 7 nitrogen and oxygen atoms in total. The molecule has 35 heavy (non-hydrogen) atoms. The Labute approximate surface area is 212 Å². The summed E-state index contributed by atoms with van der Waals surface area (Å²) in [6.07, 6.45) is 1.35. The van der Waals surface area contributed by atoms with Gasteiger partial charge in [-0.2, -0.15) is 0 Å². The molecule has 0 unspecified atom stereocenters. The predicted molar refractivity (Wildman–Crippen MR) is 133 cm³/mol. The number of hydrogen-bond donors (Lipinski definition) is 2. The highest BCUT2D eigenvalue weighted by atomic mass is 35.5. The highest BCUT2D eigenvalue weighted by molar-refractivity contribution is 7.07. The Morgan fingerprint density at radius 2 is 2.20 bits per heavy atom. The SMILES string of the molecule is COc1ccc2ncc(Cl)c([C@H](F)CCC3(C(=O)NO)CCN(CC#Cc4cscn4)CC3)c2c1. The molecule has 0 aliphatic carbocycles. The monoisotopic (exact) mass is 516 g/mol. The number of piperidine rings is 1. The fraction of sp³-hybridized carbons (Fsp3) is 0.400. The van der Waals surface area contributed by atoms with E-state index in [0.717, 1.165) is 5.69 Å². The van der Waals surface area contributed by atoms with Gasteiger partial charge in [0.05, 0.1) is 35.1 Å². The number of fused-ring (bicyclic) bond motifs is 1. The second-order valence-corrected chi connectivity index (χ2v) is 9.71. The van der Waals surface area contributed by atoms with Crippen molar-refractivity contribution in [2.45, 2.75) is 31.9 Å². The Morgan fingerprint density at radius 3 is 2.89 bits per heavy atom. The molecular formula is C25H26ClFN4O3S. The Balaban J connectivity index is 1.46. The summed E-state index contributed by atoms with van der Waals surface area (Å²) < 4.78 is 20.9. The van der Waals surface area contributed by atoms with E-state index in [9.17, 15) is 10.0 Å². The molecule has 0 spiro atoms. The maximum absolute atomic E-state index is 15.7. The lowest BCUT2D eigenvalue weighted by Crippen LogP contribution is -2.48. The number of carbonyl (C=O) groups is 1. The number of nitrogens with one attached hydrogen (secondary N) is 1. The first-order valence-corrected chi connectivity index (χ1v) is 12.6. The van der Waals surface area contributed by atoms with Gasteiger partial charge in [0.2, 0.25) is 5.91 Å². The lowest BCUT2D eigenvalue weighted by atomic mass is 9.73. The second-order valence-electron chi connectivity index (χ2n) is 8.58. The van der Waals surface area contributed by atoms with Crippen molar-refractivity contribution in [3.05, 3.63) is 51.6 Å². The molecule has 2 aromatic heterocycles. The quantitative estimate of drug-likeness (QED) is 0.267. The van der Waals surface area contributed by atoms with Gasteiger partial charge in [0.25, 0.3) is 0 Å². The van der Waals surface area contributed by atoms with Gasteiger partial charge in [0.1, 0.15) is 17.6 Å². The third kappa shape index (κ3) is 5.73. The minimum atomic E-state index is -1.41. The molecule has 2 N–H and O–H groups in total. The van der Waals surface area contributed by atoms with Crippen LogP contribution in [0.15, 0.2) is 35.3 Å². The molecular weight excluding hydrogens is 491 g/mol. The van der Waals surface area contributed by atoms with Crippen LogP contribution in [0.1, 0.15) is 43.1 Å². The van der Waals surface area contributed by atoms with Crippen LogP contribution in [0.3, 0.4) is 0 Å². The lowest BCUT2D eigenvalue weighted by Gasteiger charge is -2.40. The molecule has 0 bridgehead atoms. The van der Waals surface area contributed by atoms with Crippen LogP contribution in [0.5, 0.6) is 5.75 Å². The number of methoxy groups -OCH3 is 1. The van der Waals surface area contributed by atoms with Gasteiger partial charge < -0.3 is 4.74 Å². The first-order chi connectivity index (χ1) is 17.0. The number of hydroxylamine groups is 1. The Morgan fingerprint density at radius 1 is 1.40 bits per heavy atom. The summed E-state index contributed by atoms with van der Waals surface area (Å²) in [7, 11) is 1.54. The summed E-state index contributed by atoms with van der Waals surface area (Å²) in [6, 6.07) is 5.24. The van der Waals surface area contributed by atoms with E-state index in [-0.39, 0.29) is 17.9 Å². The Hall–Kier alpha value is -2.77. The summed E-state index contributed by atoms with van der Waals surface area (Å²) in [5.41, 5.74) is 4.37. The number of likely N-dealkylation sites (tertiary alicyclic amines) is 1. The highest BCUT2D eigenvalue weighted by Gasteiger charge is 2.41. The molecule has 4 rings (SSSR count). The van der Waals surface area contributed by atoms with Crippen LogP contribution in [0.2, 0.25) is 5.02 Å². The minimum Gasteiger partial charge on any atom is -0.497 e. The first-order valence-electron chi connectivity index (χ1n) is 11.3. The number of ether oxygens (including phenoxy) is 1. The molecule has 0 saturated carbocycles. The van der Waals surface area contributed by atoms with Gasteiger partial charge in [-0.15, -0.1) is 11.3 Å². The molecule has 3 heterocycles. The molecule has 1 amide bonds. The topological polar surface area (TPSA) is 87.6 Å². The molecule has 1 aromatic carbocycles. The third-order valence-corrected chi connectivity index (χ3v) is 7.49. The maximum Gasteiger partial charge on any atom is 0.249 e. The molecule has 3 aromatic rings. The van der Waals surface area contributed by atoms with Crippen molar-refractivity contribution >= 4 is 39.7 Å². The minimum absolute atomic E-state index is 0.0765. The number of pyridine rings is 1. The fourth-order valence-electron chi connectivity index (χ4n) is 4.53. The van der Waals surface area contributed by atoms with E-state index < -0.39 is 17.5 Å². The van der Waals surface area contributed by atoms with Crippen molar-refractivity contribution in [1.82, 2.24) is 20.3 Å². The molecule has 0 radical (unpaired) electrons. The van der Waals surface area contributed by atoms with Crippen LogP contribution in [0.4, 0.5) is 4.39 Å². The predicted octanol–water partition coefficient (Wildman–Crippen LogP) is 4.78. The van der Waals surface area contributed by atoms with E-state index in [0.29, 0.717) is 54.7 Å². The van der Waals surface area contributed by atoms with Gasteiger partial charge in [-0.25, -0.2) is 14.9 Å². The molecule has 1 atom stereocenters. The molecule has 10 heteroatoms. The van der Waals surface area contributed by atoms with Crippen LogP contribution in [-0.2, 0) is 4.79 Å². The number of thiazole rings is 1. The fourth-order valence-corrected chi connectivity index (χ4v) is 5.28. The zero-order valence-electron chi connectivity index (χ0n) is 19.3. The molecule has 1 aliphatic rings. The van der Waals surface area contributed by atoms with Crippen LogP contribution >= 0.6 is 22.9 Å². The summed E-state index contributed by atoms with van der Waals surface area (Å²) in [5, 5.41) is 12.1. The lowest BCUT2D eigenvalue weighted by molar-refractivity contribution is -0.143. The van der Waals surface area contributed by atoms with Crippen molar-refractivity contribution in [1.29, 1.82) is 0 Å². The van der Waals surface area contributed by atoms with E-state index in [1.807, 2.05) is 5.38 Å². The number of carbonyl (C=O) groups excluding carboxylic acids is 1. The zero-order valence-corrected chi connectivity index (χ0v) is 20.8. The van der Waals surface area contributed by atoms with Gasteiger partial charge in [0.15, 0.2) is 0 Å². The van der Waals surface area contributed by atoms with Crippen LogP contribution < -0.4 is 10.2 Å².